The average molecular weight is 203 g/mol. The van der Waals surface area contributed by atoms with E-state index >= 15 is 0 Å². The summed E-state index contributed by atoms with van der Waals surface area (Å²) < 4.78 is 12.8. The van der Waals surface area contributed by atoms with E-state index < -0.39 is 0 Å². The standard InChI is InChI=1S/C10H22FN3/c1-3-5-13(6-4-2)14-9-7-12(11)8-10-14/h3-10H2,1-2H3. The van der Waals surface area contributed by atoms with Crippen LogP contribution in [-0.4, -0.2) is 54.4 Å². The maximum Gasteiger partial charge on any atom is 0.0432 e. The molecule has 0 amide bonds. The smallest absolute Gasteiger partial charge is 0.0432 e. The van der Waals surface area contributed by atoms with Crippen molar-refractivity contribution in [1.29, 1.82) is 0 Å². The Kier molecular flexibility index (Phi) is 5.37. The topological polar surface area (TPSA) is 9.72 Å². The molecular formula is C10H22FN3. The van der Waals surface area contributed by atoms with Crippen LogP contribution in [-0.2, 0) is 0 Å². The Morgan fingerprint density at radius 1 is 1.00 bits per heavy atom. The van der Waals surface area contributed by atoms with Crippen LogP contribution in [0.2, 0.25) is 0 Å². The number of halogens is 1. The first-order chi connectivity index (χ1) is 6.77. The van der Waals surface area contributed by atoms with Gasteiger partial charge in [0, 0.05) is 39.3 Å². The molecule has 1 aliphatic heterocycles. The lowest BCUT2D eigenvalue weighted by atomic mass is 10.3. The number of rotatable bonds is 5. The van der Waals surface area contributed by atoms with Gasteiger partial charge in [-0.05, 0) is 12.8 Å². The van der Waals surface area contributed by atoms with E-state index in [4.69, 9.17) is 0 Å². The Labute approximate surface area is 86.4 Å². The highest BCUT2D eigenvalue weighted by molar-refractivity contribution is 4.66. The SMILES string of the molecule is CCCN(CCC)N1CCN(F)CC1. The van der Waals surface area contributed by atoms with Crippen molar-refractivity contribution in [1.82, 2.24) is 15.1 Å². The third-order valence-corrected chi connectivity index (χ3v) is 2.56. The predicted molar refractivity (Wildman–Crippen MR) is 56.4 cm³/mol. The fraction of sp³-hybridized carbons (Fsp3) is 1.00. The molecule has 1 heterocycles. The van der Waals surface area contributed by atoms with E-state index in [1.54, 1.807) is 0 Å². The summed E-state index contributed by atoms with van der Waals surface area (Å²) in [5.41, 5.74) is 0. The van der Waals surface area contributed by atoms with Crippen molar-refractivity contribution in [3.05, 3.63) is 0 Å². The fourth-order valence-corrected chi connectivity index (χ4v) is 1.87. The molecule has 0 spiro atoms. The molecule has 0 aromatic rings. The molecule has 0 unspecified atom stereocenters. The fourth-order valence-electron chi connectivity index (χ4n) is 1.87. The zero-order chi connectivity index (χ0) is 10.4. The summed E-state index contributed by atoms with van der Waals surface area (Å²) >= 11 is 0. The molecule has 1 fully saturated rings. The highest BCUT2D eigenvalue weighted by Crippen LogP contribution is 2.07. The third-order valence-electron chi connectivity index (χ3n) is 2.56. The van der Waals surface area contributed by atoms with E-state index in [1.807, 2.05) is 0 Å². The molecule has 0 aromatic heterocycles. The molecule has 14 heavy (non-hydrogen) atoms. The van der Waals surface area contributed by atoms with Crippen LogP contribution >= 0.6 is 0 Å². The van der Waals surface area contributed by atoms with Gasteiger partial charge >= 0.3 is 0 Å². The van der Waals surface area contributed by atoms with E-state index in [9.17, 15) is 4.48 Å². The molecule has 1 aliphatic rings. The van der Waals surface area contributed by atoms with E-state index in [0.29, 0.717) is 13.1 Å². The molecule has 3 nitrogen and oxygen atoms in total. The van der Waals surface area contributed by atoms with E-state index in [0.717, 1.165) is 44.1 Å². The summed E-state index contributed by atoms with van der Waals surface area (Å²) in [6, 6.07) is 0. The second kappa shape index (κ2) is 6.32. The van der Waals surface area contributed by atoms with Crippen molar-refractivity contribution in [2.24, 2.45) is 0 Å². The van der Waals surface area contributed by atoms with Gasteiger partial charge in [-0.2, -0.15) is 0 Å². The van der Waals surface area contributed by atoms with Crippen molar-refractivity contribution in [2.45, 2.75) is 26.7 Å². The van der Waals surface area contributed by atoms with Gasteiger partial charge in [-0.15, -0.1) is 9.60 Å². The van der Waals surface area contributed by atoms with Gasteiger partial charge in [-0.3, -0.25) is 0 Å². The van der Waals surface area contributed by atoms with Gasteiger partial charge in [0.1, 0.15) is 0 Å². The minimum atomic E-state index is 0.546. The number of hydrogen-bond donors (Lipinski definition) is 0. The minimum Gasteiger partial charge on any atom is -0.242 e. The second-order valence-corrected chi connectivity index (χ2v) is 3.82. The number of nitrogens with zero attached hydrogens (tertiary/aromatic N) is 3. The molecule has 0 atom stereocenters. The van der Waals surface area contributed by atoms with E-state index in [2.05, 4.69) is 23.9 Å². The largest absolute Gasteiger partial charge is 0.242 e. The molecule has 1 saturated heterocycles. The van der Waals surface area contributed by atoms with Crippen molar-refractivity contribution < 1.29 is 4.48 Å². The summed E-state index contributed by atoms with van der Waals surface area (Å²) in [4.78, 5) is 0. The zero-order valence-corrected chi connectivity index (χ0v) is 9.38. The maximum absolute atomic E-state index is 12.8. The molecule has 0 aromatic carbocycles. The van der Waals surface area contributed by atoms with Crippen LogP contribution in [0, 0.1) is 0 Å². The summed E-state index contributed by atoms with van der Waals surface area (Å²) in [6.45, 7) is 9.32. The minimum absolute atomic E-state index is 0.546. The first kappa shape index (κ1) is 11.9. The van der Waals surface area contributed by atoms with Gasteiger partial charge in [0.25, 0.3) is 0 Å². The van der Waals surface area contributed by atoms with Crippen molar-refractivity contribution >= 4 is 0 Å². The molecule has 84 valence electrons. The Morgan fingerprint density at radius 2 is 1.50 bits per heavy atom. The molecule has 0 bridgehead atoms. The summed E-state index contributed by atoms with van der Waals surface area (Å²) in [5.74, 6) is 0. The summed E-state index contributed by atoms with van der Waals surface area (Å²) in [7, 11) is 0. The van der Waals surface area contributed by atoms with Crippen LogP contribution in [0.4, 0.5) is 4.48 Å². The highest BCUT2D eigenvalue weighted by Gasteiger charge is 2.20. The average Bonchev–Trinajstić information content (AvgIpc) is 2.19. The number of hydrazine groups is 1. The van der Waals surface area contributed by atoms with Crippen molar-refractivity contribution in [3.63, 3.8) is 0 Å². The zero-order valence-electron chi connectivity index (χ0n) is 9.38. The van der Waals surface area contributed by atoms with Gasteiger partial charge in [0.05, 0.1) is 0 Å². The molecule has 1 rings (SSSR count). The predicted octanol–water partition coefficient (Wildman–Crippen LogP) is 1.53. The quantitative estimate of drug-likeness (QED) is 0.627. The Morgan fingerprint density at radius 3 is 1.93 bits per heavy atom. The Hall–Kier alpha value is -0.190. The molecule has 0 radical (unpaired) electrons. The normalized spacial score (nSPS) is 20.6. The lowest BCUT2D eigenvalue weighted by molar-refractivity contribution is -0.102. The third kappa shape index (κ3) is 3.52. The number of hydrogen-bond acceptors (Lipinski definition) is 3. The van der Waals surface area contributed by atoms with Gasteiger partial charge < -0.3 is 0 Å². The van der Waals surface area contributed by atoms with Gasteiger partial charge in [-0.25, -0.2) is 10.0 Å². The van der Waals surface area contributed by atoms with E-state index in [-0.39, 0.29) is 0 Å². The first-order valence-corrected chi connectivity index (χ1v) is 5.68. The Balaban J connectivity index is 2.34. The Bertz CT molecular complexity index is 140. The van der Waals surface area contributed by atoms with Crippen LogP contribution in [0.3, 0.4) is 0 Å². The summed E-state index contributed by atoms with van der Waals surface area (Å²) in [6.07, 6.45) is 2.33. The highest BCUT2D eigenvalue weighted by atomic mass is 19.2. The summed E-state index contributed by atoms with van der Waals surface area (Å²) in [5, 5.41) is 5.57. The van der Waals surface area contributed by atoms with Crippen LogP contribution in [0.5, 0.6) is 0 Å². The van der Waals surface area contributed by atoms with Crippen LogP contribution in [0.25, 0.3) is 0 Å². The molecular weight excluding hydrogens is 181 g/mol. The lowest BCUT2D eigenvalue weighted by Gasteiger charge is -2.38. The second-order valence-electron chi connectivity index (χ2n) is 3.82. The molecule has 0 N–H and O–H groups in total. The molecule has 0 saturated carbocycles. The van der Waals surface area contributed by atoms with Gasteiger partial charge in [-0.1, -0.05) is 13.8 Å². The maximum atomic E-state index is 12.8. The monoisotopic (exact) mass is 203 g/mol. The van der Waals surface area contributed by atoms with Crippen molar-refractivity contribution in [3.8, 4) is 0 Å². The first-order valence-electron chi connectivity index (χ1n) is 5.68. The van der Waals surface area contributed by atoms with Gasteiger partial charge in [0.15, 0.2) is 0 Å². The lowest BCUT2D eigenvalue weighted by Crippen LogP contribution is -2.52. The molecule has 4 heteroatoms. The van der Waals surface area contributed by atoms with Crippen LogP contribution in [0.1, 0.15) is 26.7 Å². The van der Waals surface area contributed by atoms with Gasteiger partial charge in [0.2, 0.25) is 0 Å². The van der Waals surface area contributed by atoms with E-state index in [1.165, 1.54) is 0 Å². The molecule has 0 aliphatic carbocycles. The number of piperazine rings is 1. The van der Waals surface area contributed by atoms with Crippen LogP contribution < -0.4 is 0 Å². The van der Waals surface area contributed by atoms with Crippen molar-refractivity contribution in [2.75, 3.05) is 39.3 Å². The van der Waals surface area contributed by atoms with Crippen LogP contribution in [0.15, 0.2) is 0 Å².